The van der Waals surface area contributed by atoms with E-state index >= 15 is 0 Å². The first kappa shape index (κ1) is 26.2. The molecule has 3 aliphatic rings. The summed E-state index contributed by atoms with van der Waals surface area (Å²) >= 11 is 0. The monoisotopic (exact) mass is 566 g/mol. The Morgan fingerprint density at radius 1 is 1.07 bits per heavy atom. The number of hydrogen-bond acceptors (Lipinski definition) is 6. The van der Waals surface area contributed by atoms with Crippen LogP contribution < -0.4 is 15.0 Å². The molecular weight excluding hydrogens is 533 g/mol. The first-order valence-corrected chi connectivity index (χ1v) is 14.1. The van der Waals surface area contributed by atoms with Gasteiger partial charge in [-0.3, -0.25) is 14.5 Å². The van der Waals surface area contributed by atoms with Crippen molar-refractivity contribution in [3.05, 3.63) is 107 Å². The van der Waals surface area contributed by atoms with Crippen molar-refractivity contribution in [1.82, 2.24) is 15.1 Å². The van der Waals surface area contributed by atoms with Gasteiger partial charge in [0.05, 0.1) is 25.2 Å². The van der Waals surface area contributed by atoms with E-state index in [4.69, 9.17) is 11.4 Å². The third kappa shape index (κ3) is 5.58. The number of nitrogens with one attached hydrogen (secondary N) is 1. The molecule has 3 heterocycles. The number of fused-ring (bicyclic) bond motifs is 1. The zero-order valence-electron chi connectivity index (χ0n) is 24.2. The number of rotatable bonds is 7. The van der Waals surface area contributed by atoms with Crippen LogP contribution in [0.5, 0.6) is 5.75 Å². The van der Waals surface area contributed by atoms with Crippen molar-refractivity contribution in [3.63, 3.8) is 0 Å². The van der Waals surface area contributed by atoms with Crippen LogP contribution >= 0.6 is 0 Å². The molecule has 3 aromatic rings. The van der Waals surface area contributed by atoms with Crippen LogP contribution in [-0.4, -0.2) is 53.8 Å². The van der Waals surface area contributed by atoms with Crippen molar-refractivity contribution in [2.45, 2.75) is 38.6 Å². The maximum Gasteiger partial charge on any atom is 0.255 e. The summed E-state index contributed by atoms with van der Waals surface area (Å²) in [5, 5.41) is 11.6. The average Bonchev–Trinajstić information content (AvgIpc) is 3.36. The highest BCUT2D eigenvalue weighted by Gasteiger charge is 2.39. The van der Waals surface area contributed by atoms with Crippen molar-refractivity contribution in [2.24, 2.45) is 0 Å². The number of hydrogen-bond donors (Lipinski definition) is 1. The molecule has 0 spiro atoms. The van der Waals surface area contributed by atoms with Crippen molar-refractivity contribution >= 4 is 17.5 Å². The Balaban J connectivity index is 1.04. The van der Waals surface area contributed by atoms with Gasteiger partial charge < -0.3 is 19.9 Å². The second-order valence-corrected chi connectivity index (χ2v) is 10.8. The Morgan fingerprint density at radius 2 is 1.83 bits per heavy atom. The lowest BCUT2D eigenvalue weighted by molar-refractivity contribution is -0.126. The molecule has 8 nitrogen and oxygen atoms in total. The van der Waals surface area contributed by atoms with Crippen molar-refractivity contribution in [3.8, 4) is 11.8 Å². The van der Waals surface area contributed by atoms with Crippen LogP contribution in [0, 0.1) is 17.1 Å². The number of nitriles is 1. The molecule has 2 amide bonds. The van der Waals surface area contributed by atoms with E-state index in [2.05, 4.69) is 28.9 Å². The summed E-state index contributed by atoms with van der Waals surface area (Å²) < 4.78 is 29.4. The van der Waals surface area contributed by atoms with Crippen LogP contribution in [0.3, 0.4) is 0 Å². The quantitative estimate of drug-likeness (QED) is 0.458. The molecule has 0 saturated carbocycles. The third-order valence-electron chi connectivity index (χ3n) is 8.08. The number of carbonyl (C=O) groups is 2. The first-order chi connectivity index (χ1) is 20.7. The lowest BCUT2D eigenvalue weighted by atomic mass is 10.0. The normalized spacial score (nSPS) is 21.0. The van der Waals surface area contributed by atoms with Gasteiger partial charge in [0.25, 0.3) is 5.91 Å². The van der Waals surface area contributed by atoms with Crippen LogP contribution in [-0.2, 0) is 24.5 Å². The number of piperidine rings is 1. The molecule has 0 bridgehead atoms. The number of halogens is 1. The molecule has 3 aromatic carbocycles. The molecule has 0 radical (unpaired) electrons. The zero-order valence-corrected chi connectivity index (χ0v) is 23.2. The number of benzene rings is 3. The maximum absolute atomic E-state index is 14.4. The van der Waals surface area contributed by atoms with Crippen LogP contribution in [0.1, 0.15) is 46.8 Å². The molecule has 2 saturated heterocycles. The highest BCUT2D eigenvalue weighted by molar-refractivity contribution is 6.02. The van der Waals surface area contributed by atoms with Crippen LogP contribution in [0.2, 0.25) is 0 Å². The minimum Gasteiger partial charge on any atom is -0.489 e. The minimum atomic E-state index is -1.68. The molecule has 2 fully saturated rings. The molecule has 0 aliphatic carbocycles. The fraction of sp³-hybridized carbons (Fsp3) is 0.303. The summed E-state index contributed by atoms with van der Waals surface area (Å²) in [5.41, 5.74) is 4.71. The largest absolute Gasteiger partial charge is 0.489 e. The van der Waals surface area contributed by atoms with E-state index in [1.165, 1.54) is 11.0 Å². The molecule has 6 rings (SSSR count). The van der Waals surface area contributed by atoms with Gasteiger partial charge in [-0.25, -0.2) is 4.39 Å². The highest BCUT2D eigenvalue weighted by atomic mass is 19.1. The molecule has 3 aliphatic heterocycles. The average molecular weight is 567 g/mol. The number of piperazine rings is 1. The molecule has 9 heteroatoms. The number of carbonyl (C=O) groups excluding carboxylic acids is 2. The topological polar surface area (TPSA) is 88.9 Å². The van der Waals surface area contributed by atoms with Crippen LogP contribution in [0.25, 0.3) is 0 Å². The highest BCUT2D eigenvalue weighted by Crippen LogP contribution is 2.34. The van der Waals surface area contributed by atoms with E-state index in [1.54, 1.807) is 24.3 Å². The Kier molecular flexibility index (Phi) is 7.29. The fourth-order valence-electron chi connectivity index (χ4n) is 5.73. The SMILES string of the molecule is [2H]C1(N2Cc3c(OCc4ccc(CN5CCN(c6ccc(C#N)cc6F)CC5)cc4)cccc3C2=O)CCC(=C)NC1=O. The van der Waals surface area contributed by atoms with Gasteiger partial charge in [-0.05, 0) is 54.3 Å². The van der Waals surface area contributed by atoms with E-state index in [1.807, 2.05) is 29.2 Å². The predicted molar refractivity (Wildman–Crippen MR) is 156 cm³/mol. The van der Waals surface area contributed by atoms with Gasteiger partial charge in [0.1, 0.15) is 24.2 Å². The van der Waals surface area contributed by atoms with Gasteiger partial charge >= 0.3 is 0 Å². The van der Waals surface area contributed by atoms with Gasteiger partial charge in [-0.1, -0.05) is 36.9 Å². The van der Waals surface area contributed by atoms with Gasteiger partial charge in [-0.15, -0.1) is 0 Å². The standard InChI is InChI=1S/C33H32FN5O3/c1-22-5-11-30(32(40)36-22)39-20-27-26(33(39)41)3-2-4-31(27)42-21-24-8-6-23(7-9-24)19-37-13-15-38(16-14-37)29-12-10-25(18-35)17-28(29)34/h2-4,6-10,12,17,30H,1,5,11,13-16,19-21H2,(H,36,40)/i30D. The van der Waals surface area contributed by atoms with E-state index in [-0.39, 0.29) is 24.7 Å². The van der Waals surface area contributed by atoms with Gasteiger partial charge in [0, 0.05) is 49.5 Å². The zero-order chi connectivity index (χ0) is 30.1. The van der Waals surface area contributed by atoms with E-state index in [9.17, 15) is 14.0 Å². The predicted octanol–water partition coefficient (Wildman–Crippen LogP) is 4.35. The number of amides is 2. The summed E-state index contributed by atoms with van der Waals surface area (Å²) in [5.74, 6) is -0.670. The fourth-order valence-corrected chi connectivity index (χ4v) is 5.73. The van der Waals surface area contributed by atoms with Crippen molar-refractivity contribution < 1.29 is 20.1 Å². The maximum atomic E-state index is 14.4. The molecule has 1 unspecified atom stereocenters. The lowest BCUT2D eigenvalue weighted by Crippen LogP contribution is -2.49. The summed E-state index contributed by atoms with van der Waals surface area (Å²) in [7, 11) is 0. The van der Waals surface area contributed by atoms with Gasteiger partial charge in [-0.2, -0.15) is 5.26 Å². The van der Waals surface area contributed by atoms with Crippen LogP contribution in [0.15, 0.2) is 72.9 Å². The summed E-state index contributed by atoms with van der Waals surface area (Å²) in [6, 6.07) is 18.4. The Hall–Kier alpha value is -4.68. The van der Waals surface area contributed by atoms with E-state index < -0.39 is 11.9 Å². The van der Waals surface area contributed by atoms with Crippen LogP contribution in [0.4, 0.5) is 10.1 Å². The molecule has 0 aromatic heterocycles. The Morgan fingerprint density at radius 3 is 2.55 bits per heavy atom. The smallest absolute Gasteiger partial charge is 0.255 e. The van der Waals surface area contributed by atoms with Crippen molar-refractivity contribution in [2.75, 3.05) is 31.1 Å². The van der Waals surface area contributed by atoms with Crippen molar-refractivity contribution in [1.29, 1.82) is 5.26 Å². The summed E-state index contributed by atoms with van der Waals surface area (Å²) in [6.45, 7) is 8.02. The van der Waals surface area contributed by atoms with E-state index in [0.29, 0.717) is 59.9 Å². The number of anilines is 1. The second kappa shape index (κ2) is 11.7. The molecule has 42 heavy (non-hydrogen) atoms. The van der Waals surface area contributed by atoms with E-state index in [0.717, 1.165) is 30.8 Å². The summed E-state index contributed by atoms with van der Waals surface area (Å²) in [6.07, 6.45) is 0.648. The molecule has 1 atom stereocenters. The minimum absolute atomic E-state index is 0.137. The molecule has 214 valence electrons. The Bertz CT molecular complexity index is 1630. The Labute approximate surface area is 246 Å². The third-order valence-corrected chi connectivity index (χ3v) is 8.08. The molecular formula is C33H32FN5O3. The molecule has 1 N–H and O–H groups in total. The lowest BCUT2D eigenvalue weighted by Gasteiger charge is -2.36. The van der Waals surface area contributed by atoms with Gasteiger partial charge in [0.2, 0.25) is 5.91 Å². The number of ether oxygens (including phenoxy) is 1. The number of nitrogens with zero attached hydrogens (tertiary/aromatic N) is 4. The first-order valence-electron chi connectivity index (χ1n) is 14.6. The van der Waals surface area contributed by atoms with Gasteiger partial charge in [0.15, 0.2) is 0 Å². The second-order valence-electron chi connectivity index (χ2n) is 10.8. The number of allylic oxidation sites excluding steroid dienone is 1. The summed E-state index contributed by atoms with van der Waals surface area (Å²) in [4.78, 5) is 31.5.